The van der Waals surface area contributed by atoms with Crippen LogP contribution in [0, 0.1) is 6.92 Å². The minimum atomic E-state index is -0.237. The summed E-state index contributed by atoms with van der Waals surface area (Å²) in [5.41, 5.74) is 1.79. The number of aryl methyl sites for hydroxylation is 1. The molecule has 0 aliphatic carbocycles. The highest BCUT2D eigenvalue weighted by atomic mass is 32.1. The van der Waals surface area contributed by atoms with Gasteiger partial charge in [0.15, 0.2) is 5.76 Å². The summed E-state index contributed by atoms with van der Waals surface area (Å²) in [6.07, 6.45) is 3.50. The van der Waals surface area contributed by atoms with Crippen molar-refractivity contribution in [1.29, 1.82) is 0 Å². The van der Waals surface area contributed by atoms with Crippen molar-refractivity contribution in [2.45, 2.75) is 13.5 Å². The zero-order valence-electron chi connectivity index (χ0n) is 11.4. The van der Waals surface area contributed by atoms with E-state index in [1.54, 1.807) is 31.5 Å². The van der Waals surface area contributed by atoms with E-state index in [4.69, 9.17) is 4.42 Å². The summed E-state index contributed by atoms with van der Waals surface area (Å²) in [7, 11) is 0. The molecule has 3 heterocycles. The predicted molar refractivity (Wildman–Crippen MR) is 80.0 cm³/mol. The third-order valence-electron chi connectivity index (χ3n) is 2.85. The molecular weight excluding hydrogens is 286 g/mol. The van der Waals surface area contributed by atoms with E-state index < -0.39 is 0 Å². The Kier molecular flexibility index (Phi) is 3.79. The fourth-order valence-electron chi connectivity index (χ4n) is 1.82. The number of hydrogen-bond donors (Lipinski definition) is 1. The van der Waals surface area contributed by atoms with Crippen molar-refractivity contribution >= 4 is 17.2 Å². The van der Waals surface area contributed by atoms with E-state index in [1.807, 2.05) is 17.5 Å². The zero-order valence-corrected chi connectivity index (χ0v) is 12.2. The van der Waals surface area contributed by atoms with Crippen molar-refractivity contribution in [1.82, 2.24) is 15.3 Å². The molecule has 0 fully saturated rings. The molecule has 3 aromatic heterocycles. The second kappa shape index (κ2) is 5.88. The van der Waals surface area contributed by atoms with Crippen LogP contribution in [-0.2, 0) is 6.54 Å². The van der Waals surface area contributed by atoms with Crippen LogP contribution in [-0.4, -0.2) is 15.9 Å². The van der Waals surface area contributed by atoms with Gasteiger partial charge >= 0.3 is 0 Å². The molecule has 1 amide bonds. The summed E-state index contributed by atoms with van der Waals surface area (Å²) < 4.78 is 5.27. The molecule has 0 saturated carbocycles. The standard InChI is InChI=1S/C15H13N3O2S/c1-10-4-5-13(20-10)14(19)17-8-12-9-21-15(18-12)11-3-2-6-16-7-11/h2-7,9H,8H2,1H3,(H,17,19). The highest BCUT2D eigenvalue weighted by Gasteiger charge is 2.11. The van der Waals surface area contributed by atoms with Crippen LogP contribution in [0.4, 0.5) is 0 Å². The second-order valence-electron chi connectivity index (χ2n) is 4.48. The number of pyridine rings is 1. The van der Waals surface area contributed by atoms with Gasteiger partial charge in [0.25, 0.3) is 5.91 Å². The maximum atomic E-state index is 11.9. The molecule has 0 atom stereocenters. The van der Waals surface area contributed by atoms with Gasteiger partial charge in [-0.05, 0) is 31.2 Å². The van der Waals surface area contributed by atoms with Gasteiger partial charge in [-0.15, -0.1) is 11.3 Å². The SMILES string of the molecule is Cc1ccc(C(=O)NCc2csc(-c3cccnc3)n2)o1. The number of amides is 1. The summed E-state index contributed by atoms with van der Waals surface area (Å²) in [4.78, 5) is 20.4. The van der Waals surface area contributed by atoms with Crippen LogP contribution in [0.25, 0.3) is 10.6 Å². The first kappa shape index (κ1) is 13.5. The number of aromatic nitrogens is 2. The Labute approximate surface area is 125 Å². The van der Waals surface area contributed by atoms with Gasteiger partial charge in [-0.3, -0.25) is 9.78 Å². The van der Waals surface area contributed by atoms with Crippen molar-refractivity contribution in [2.75, 3.05) is 0 Å². The van der Waals surface area contributed by atoms with Gasteiger partial charge in [-0.2, -0.15) is 0 Å². The Balaban J connectivity index is 1.64. The quantitative estimate of drug-likeness (QED) is 0.804. The predicted octanol–water partition coefficient (Wildman–Crippen LogP) is 3.04. The number of carbonyl (C=O) groups is 1. The average Bonchev–Trinajstić information content (AvgIpc) is 3.15. The molecule has 3 aromatic rings. The summed E-state index contributed by atoms with van der Waals surface area (Å²) >= 11 is 1.53. The van der Waals surface area contributed by atoms with Crippen LogP contribution >= 0.6 is 11.3 Å². The van der Waals surface area contributed by atoms with Gasteiger partial charge in [0, 0.05) is 23.3 Å². The second-order valence-corrected chi connectivity index (χ2v) is 5.34. The van der Waals surface area contributed by atoms with E-state index in [-0.39, 0.29) is 5.91 Å². The molecule has 106 valence electrons. The lowest BCUT2D eigenvalue weighted by atomic mass is 10.3. The molecule has 21 heavy (non-hydrogen) atoms. The Morgan fingerprint density at radius 1 is 1.38 bits per heavy atom. The van der Waals surface area contributed by atoms with Crippen molar-refractivity contribution < 1.29 is 9.21 Å². The number of furan rings is 1. The minimum absolute atomic E-state index is 0.237. The van der Waals surface area contributed by atoms with Crippen LogP contribution < -0.4 is 5.32 Å². The molecule has 0 aliphatic heterocycles. The number of carbonyl (C=O) groups excluding carboxylic acids is 1. The van der Waals surface area contributed by atoms with E-state index >= 15 is 0 Å². The van der Waals surface area contributed by atoms with E-state index in [0.717, 1.165) is 16.3 Å². The smallest absolute Gasteiger partial charge is 0.287 e. The first-order valence-corrected chi connectivity index (χ1v) is 7.30. The molecule has 0 aliphatic rings. The first-order valence-electron chi connectivity index (χ1n) is 6.42. The molecule has 0 spiro atoms. The molecular formula is C15H13N3O2S. The average molecular weight is 299 g/mol. The normalized spacial score (nSPS) is 10.5. The third kappa shape index (κ3) is 3.17. The molecule has 0 saturated heterocycles. The highest BCUT2D eigenvalue weighted by molar-refractivity contribution is 7.13. The molecule has 0 unspecified atom stereocenters. The molecule has 5 nitrogen and oxygen atoms in total. The largest absolute Gasteiger partial charge is 0.456 e. The van der Waals surface area contributed by atoms with E-state index in [1.165, 1.54) is 11.3 Å². The van der Waals surface area contributed by atoms with Gasteiger partial charge in [0.2, 0.25) is 0 Å². The van der Waals surface area contributed by atoms with E-state index in [9.17, 15) is 4.79 Å². The van der Waals surface area contributed by atoms with Crippen LogP contribution in [0.1, 0.15) is 22.0 Å². The fraction of sp³-hybridized carbons (Fsp3) is 0.133. The number of rotatable bonds is 4. The van der Waals surface area contributed by atoms with Crippen LogP contribution in [0.3, 0.4) is 0 Å². The summed E-state index contributed by atoms with van der Waals surface area (Å²) in [6.45, 7) is 2.17. The van der Waals surface area contributed by atoms with Gasteiger partial charge in [-0.25, -0.2) is 4.98 Å². The summed E-state index contributed by atoms with van der Waals surface area (Å²) in [5, 5.41) is 5.61. The van der Waals surface area contributed by atoms with Crippen LogP contribution in [0.15, 0.2) is 46.5 Å². The number of hydrogen-bond acceptors (Lipinski definition) is 5. The topological polar surface area (TPSA) is 68.0 Å². The molecule has 1 N–H and O–H groups in total. The van der Waals surface area contributed by atoms with Crippen LogP contribution in [0.2, 0.25) is 0 Å². The molecule has 3 rings (SSSR count). The lowest BCUT2D eigenvalue weighted by molar-refractivity contribution is 0.0921. The van der Waals surface area contributed by atoms with Crippen molar-refractivity contribution in [3.05, 3.63) is 59.3 Å². The maximum Gasteiger partial charge on any atom is 0.287 e. The third-order valence-corrected chi connectivity index (χ3v) is 3.79. The summed E-state index contributed by atoms with van der Waals surface area (Å²) in [5.74, 6) is 0.793. The Morgan fingerprint density at radius 2 is 2.29 bits per heavy atom. The molecule has 0 radical (unpaired) electrons. The van der Waals surface area contributed by atoms with Crippen molar-refractivity contribution in [3.63, 3.8) is 0 Å². The number of nitrogens with one attached hydrogen (secondary N) is 1. The number of nitrogens with zero attached hydrogens (tertiary/aromatic N) is 2. The Hall–Kier alpha value is -2.47. The van der Waals surface area contributed by atoms with Crippen LogP contribution in [0.5, 0.6) is 0 Å². The lowest BCUT2D eigenvalue weighted by Gasteiger charge is -2.00. The van der Waals surface area contributed by atoms with Gasteiger partial charge in [-0.1, -0.05) is 0 Å². The van der Waals surface area contributed by atoms with Crippen molar-refractivity contribution in [3.8, 4) is 10.6 Å². The van der Waals surface area contributed by atoms with Gasteiger partial charge in [0.1, 0.15) is 10.8 Å². The molecule has 0 aromatic carbocycles. The lowest BCUT2D eigenvalue weighted by Crippen LogP contribution is -2.22. The van der Waals surface area contributed by atoms with E-state index in [0.29, 0.717) is 18.1 Å². The zero-order chi connectivity index (χ0) is 14.7. The van der Waals surface area contributed by atoms with Crippen molar-refractivity contribution in [2.24, 2.45) is 0 Å². The monoisotopic (exact) mass is 299 g/mol. The molecule has 0 bridgehead atoms. The summed E-state index contributed by atoms with van der Waals surface area (Å²) in [6, 6.07) is 7.25. The van der Waals surface area contributed by atoms with E-state index in [2.05, 4.69) is 15.3 Å². The first-order chi connectivity index (χ1) is 10.2. The number of thiazole rings is 1. The van der Waals surface area contributed by atoms with Gasteiger partial charge < -0.3 is 9.73 Å². The Morgan fingerprint density at radius 3 is 3.00 bits per heavy atom. The highest BCUT2D eigenvalue weighted by Crippen LogP contribution is 2.22. The fourth-order valence-corrected chi connectivity index (χ4v) is 2.64. The molecule has 6 heteroatoms. The Bertz CT molecular complexity index is 749. The minimum Gasteiger partial charge on any atom is -0.456 e. The maximum absolute atomic E-state index is 11.9. The van der Waals surface area contributed by atoms with Gasteiger partial charge in [0.05, 0.1) is 12.2 Å².